The highest BCUT2D eigenvalue weighted by molar-refractivity contribution is 4.87. The minimum absolute atomic E-state index is 0.479. The van der Waals surface area contributed by atoms with Gasteiger partial charge in [-0.05, 0) is 54.3 Å². The summed E-state index contributed by atoms with van der Waals surface area (Å²) in [6, 6.07) is 0. The fraction of sp³-hybridized carbons (Fsp3) is 1.00. The van der Waals surface area contributed by atoms with Gasteiger partial charge < -0.3 is 0 Å². The van der Waals surface area contributed by atoms with E-state index in [9.17, 15) is 0 Å². The Kier molecular flexibility index (Phi) is 5.74. The van der Waals surface area contributed by atoms with Crippen LogP contribution in [-0.4, -0.2) is 0 Å². The molecule has 0 spiro atoms. The van der Waals surface area contributed by atoms with Crippen LogP contribution in [0.5, 0.6) is 0 Å². The second kappa shape index (κ2) is 6.44. The van der Waals surface area contributed by atoms with Gasteiger partial charge >= 0.3 is 0 Å². The molecule has 0 radical (unpaired) electrons. The molecular formula is C18H36. The summed E-state index contributed by atoms with van der Waals surface area (Å²) in [6.45, 7) is 16.9. The van der Waals surface area contributed by atoms with E-state index in [1.807, 2.05) is 0 Å². The maximum atomic E-state index is 2.48. The van der Waals surface area contributed by atoms with Gasteiger partial charge in [-0.1, -0.05) is 61.3 Å². The van der Waals surface area contributed by atoms with Crippen LogP contribution < -0.4 is 0 Å². The second-order valence-electron chi connectivity index (χ2n) is 8.20. The fourth-order valence-corrected chi connectivity index (χ4v) is 3.04. The average molecular weight is 252 g/mol. The first-order valence-corrected chi connectivity index (χ1v) is 8.25. The van der Waals surface area contributed by atoms with Crippen molar-refractivity contribution >= 4 is 0 Å². The van der Waals surface area contributed by atoms with Gasteiger partial charge in [-0.25, -0.2) is 0 Å². The largest absolute Gasteiger partial charge is 0.0651 e. The molecule has 0 aromatic carbocycles. The molecule has 0 saturated heterocycles. The molecule has 108 valence electrons. The molecular weight excluding hydrogens is 216 g/mol. The zero-order valence-corrected chi connectivity index (χ0v) is 13.9. The minimum atomic E-state index is 0.479. The van der Waals surface area contributed by atoms with E-state index in [0.29, 0.717) is 5.41 Å². The Morgan fingerprint density at radius 3 is 2.00 bits per heavy atom. The molecule has 0 amide bonds. The minimum Gasteiger partial charge on any atom is -0.0651 e. The van der Waals surface area contributed by atoms with Crippen LogP contribution in [0, 0.1) is 35.0 Å². The van der Waals surface area contributed by atoms with Crippen LogP contribution in [0.3, 0.4) is 0 Å². The van der Waals surface area contributed by atoms with E-state index in [2.05, 4.69) is 48.5 Å². The van der Waals surface area contributed by atoms with E-state index in [-0.39, 0.29) is 0 Å². The van der Waals surface area contributed by atoms with Crippen LogP contribution in [0.15, 0.2) is 0 Å². The van der Waals surface area contributed by atoms with Crippen molar-refractivity contribution in [2.24, 2.45) is 35.0 Å². The van der Waals surface area contributed by atoms with Crippen LogP contribution >= 0.6 is 0 Å². The van der Waals surface area contributed by atoms with Crippen molar-refractivity contribution in [3.8, 4) is 0 Å². The van der Waals surface area contributed by atoms with Crippen molar-refractivity contribution in [3.05, 3.63) is 0 Å². The quantitative estimate of drug-likeness (QED) is 0.509. The molecule has 1 saturated carbocycles. The van der Waals surface area contributed by atoms with Crippen molar-refractivity contribution < 1.29 is 0 Å². The maximum absolute atomic E-state index is 2.48. The Morgan fingerprint density at radius 2 is 1.56 bits per heavy atom. The topological polar surface area (TPSA) is 0 Å². The first-order valence-electron chi connectivity index (χ1n) is 8.25. The van der Waals surface area contributed by atoms with Crippen molar-refractivity contribution in [2.75, 3.05) is 0 Å². The van der Waals surface area contributed by atoms with Crippen LogP contribution in [0.4, 0.5) is 0 Å². The maximum Gasteiger partial charge on any atom is -0.0357 e. The lowest BCUT2D eigenvalue weighted by Gasteiger charge is -2.29. The molecule has 0 heteroatoms. The summed E-state index contributed by atoms with van der Waals surface area (Å²) < 4.78 is 0. The third kappa shape index (κ3) is 4.94. The normalized spacial score (nSPS) is 28.8. The van der Waals surface area contributed by atoms with E-state index in [1.54, 1.807) is 0 Å². The molecule has 0 aromatic rings. The highest BCUT2D eigenvalue weighted by Gasteiger charge is 2.36. The molecule has 1 rings (SSSR count). The third-order valence-corrected chi connectivity index (χ3v) is 5.77. The first-order chi connectivity index (χ1) is 8.25. The van der Waals surface area contributed by atoms with Crippen LogP contribution in [0.25, 0.3) is 0 Å². The van der Waals surface area contributed by atoms with Crippen LogP contribution in [0.2, 0.25) is 0 Å². The van der Waals surface area contributed by atoms with Crippen LogP contribution in [-0.2, 0) is 0 Å². The molecule has 0 nitrogen and oxygen atoms in total. The SMILES string of the molecule is CCC1CC1CC(C)C(C)CCC(C)C(C)(C)C. The predicted molar refractivity (Wildman–Crippen MR) is 82.7 cm³/mol. The number of hydrogen-bond acceptors (Lipinski definition) is 0. The summed E-state index contributed by atoms with van der Waals surface area (Å²) in [7, 11) is 0. The van der Waals surface area contributed by atoms with E-state index < -0.39 is 0 Å². The van der Waals surface area contributed by atoms with Crippen molar-refractivity contribution in [3.63, 3.8) is 0 Å². The van der Waals surface area contributed by atoms with E-state index in [4.69, 9.17) is 0 Å². The summed E-state index contributed by atoms with van der Waals surface area (Å²) in [5, 5.41) is 0. The predicted octanol–water partition coefficient (Wildman–Crippen LogP) is 6.16. The van der Waals surface area contributed by atoms with Gasteiger partial charge in [-0.2, -0.15) is 0 Å². The van der Waals surface area contributed by atoms with Crippen molar-refractivity contribution in [1.29, 1.82) is 0 Å². The van der Waals surface area contributed by atoms with E-state index in [0.717, 1.165) is 29.6 Å². The lowest BCUT2D eigenvalue weighted by molar-refractivity contribution is 0.215. The summed E-state index contributed by atoms with van der Waals surface area (Å²) in [5.74, 6) is 4.84. The molecule has 5 atom stereocenters. The van der Waals surface area contributed by atoms with Gasteiger partial charge in [0.15, 0.2) is 0 Å². The Balaban J connectivity index is 2.22. The molecule has 5 unspecified atom stereocenters. The Labute approximate surface area is 116 Å². The lowest BCUT2D eigenvalue weighted by Crippen LogP contribution is -2.19. The molecule has 0 bridgehead atoms. The molecule has 1 aliphatic carbocycles. The second-order valence-corrected chi connectivity index (χ2v) is 8.20. The van der Waals surface area contributed by atoms with Gasteiger partial charge in [0.05, 0.1) is 0 Å². The van der Waals surface area contributed by atoms with Crippen molar-refractivity contribution in [1.82, 2.24) is 0 Å². The van der Waals surface area contributed by atoms with Gasteiger partial charge in [0.25, 0.3) is 0 Å². The van der Waals surface area contributed by atoms with Gasteiger partial charge in [0.2, 0.25) is 0 Å². The molecule has 0 heterocycles. The Hall–Kier alpha value is 0. The molecule has 0 aromatic heterocycles. The van der Waals surface area contributed by atoms with E-state index in [1.165, 1.54) is 32.1 Å². The highest BCUT2D eigenvalue weighted by atomic mass is 14.4. The first kappa shape index (κ1) is 16.1. The zero-order chi connectivity index (χ0) is 13.9. The third-order valence-electron chi connectivity index (χ3n) is 5.77. The number of rotatable bonds is 7. The van der Waals surface area contributed by atoms with Crippen LogP contribution in [0.1, 0.15) is 80.6 Å². The number of hydrogen-bond donors (Lipinski definition) is 0. The average Bonchev–Trinajstić information content (AvgIpc) is 3.02. The molecule has 1 fully saturated rings. The molecule has 0 N–H and O–H groups in total. The molecule has 18 heavy (non-hydrogen) atoms. The lowest BCUT2D eigenvalue weighted by atomic mass is 9.76. The van der Waals surface area contributed by atoms with E-state index >= 15 is 0 Å². The Morgan fingerprint density at radius 1 is 0.944 bits per heavy atom. The van der Waals surface area contributed by atoms with Gasteiger partial charge in [-0.15, -0.1) is 0 Å². The monoisotopic (exact) mass is 252 g/mol. The summed E-state index contributed by atoms with van der Waals surface area (Å²) in [6.07, 6.45) is 7.24. The summed E-state index contributed by atoms with van der Waals surface area (Å²) >= 11 is 0. The zero-order valence-electron chi connectivity index (χ0n) is 13.9. The summed E-state index contributed by atoms with van der Waals surface area (Å²) in [4.78, 5) is 0. The van der Waals surface area contributed by atoms with Gasteiger partial charge in [-0.3, -0.25) is 0 Å². The summed E-state index contributed by atoms with van der Waals surface area (Å²) in [5.41, 5.74) is 0.479. The molecule has 1 aliphatic rings. The van der Waals surface area contributed by atoms with Gasteiger partial charge in [0, 0.05) is 0 Å². The fourth-order valence-electron chi connectivity index (χ4n) is 3.04. The molecule has 0 aliphatic heterocycles. The standard InChI is InChI=1S/C18H36/c1-8-16-12-17(16)11-14(3)13(2)9-10-15(4)18(5,6)7/h13-17H,8-12H2,1-7H3. The highest BCUT2D eigenvalue weighted by Crippen LogP contribution is 2.46. The smallest absolute Gasteiger partial charge is 0.0357 e. The van der Waals surface area contributed by atoms with Gasteiger partial charge in [0.1, 0.15) is 0 Å². The Bertz CT molecular complexity index is 235. The van der Waals surface area contributed by atoms with Crippen molar-refractivity contribution in [2.45, 2.75) is 80.6 Å².